The van der Waals surface area contributed by atoms with Crippen molar-refractivity contribution < 1.29 is 26.7 Å². The van der Waals surface area contributed by atoms with Gasteiger partial charge in [0.15, 0.2) is 0 Å². The first kappa shape index (κ1) is 23.1. The lowest BCUT2D eigenvalue weighted by atomic mass is 10.0. The number of aromatic nitrogens is 2. The maximum absolute atomic E-state index is 13.7. The van der Waals surface area contributed by atoms with E-state index in [-0.39, 0.29) is 22.6 Å². The minimum atomic E-state index is -5.72. The first-order valence-corrected chi connectivity index (χ1v) is 9.99. The number of anilines is 3. The molecule has 0 aliphatic carbocycles. The highest BCUT2D eigenvalue weighted by Crippen LogP contribution is 2.45. The van der Waals surface area contributed by atoms with Gasteiger partial charge in [-0.1, -0.05) is 12.1 Å². The zero-order chi connectivity index (χ0) is 24.5. The molecule has 2 N–H and O–H groups in total. The van der Waals surface area contributed by atoms with Crippen LogP contribution in [-0.2, 0) is 5.92 Å². The van der Waals surface area contributed by atoms with E-state index in [2.05, 4.69) is 20.6 Å². The Balaban J connectivity index is 1.57. The summed E-state index contributed by atoms with van der Waals surface area (Å²) in [5.74, 6) is -5.39. The number of carbonyl (C=O) groups is 1. The first-order valence-electron chi connectivity index (χ1n) is 9.99. The minimum Gasteiger partial charge on any atom is -0.340 e. The maximum Gasteiger partial charge on any atom is 0.458 e. The van der Waals surface area contributed by atoms with Crippen LogP contribution in [0.2, 0.25) is 0 Å². The molecule has 0 unspecified atom stereocenters. The summed E-state index contributed by atoms with van der Waals surface area (Å²) in [7, 11) is 0. The van der Waals surface area contributed by atoms with E-state index >= 15 is 0 Å². The third kappa shape index (κ3) is 4.52. The standard InChI is InChI=1S/C24H17F5N4O/c1-14-11-17(6-7-20(14)23(25,26)24(27,28)29)33-22(34)19-3-2-9-31-21(19)32-18-5-4-15-8-10-30-13-16(15)12-18/h2-13H,1H3,(H,31,32)(H,33,34). The second-order valence-corrected chi connectivity index (χ2v) is 7.52. The van der Waals surface area contributed by atoms with Crippen LogP contribution in [0.15, 0.2) is 73.2 Å². The topological polar surface area (TPSA) is 66.9 Å². The van der Waals surface area contributed by atoms with Crippen molar-refractivity contribution in [3.05, 3.63) is 89.9 Å². The highest BCUT2D eigenvalue weighted by molar-refractivity contribution is 6.08. The van der Waals surface area contributed by atoms with Gasteiger partial charge in [-0.05, 0) is 60.3 Å². The molecule has 0 bridgehead atoms. The predicted molar refractivity (Wildman–Crippen MR) is 118 cm³/mol. The highest BCUT2D eigenvalue weighted by Gasteiger charge is 2.59. The fraction of sp³-hybridized carbons (Fsp3) is 0.125. The van der Waals surface area contributed by atoms with Gasteiger partial charge in [0.25, 0.3) is 5.91 Å². The van der Waals surface area contributed by atoms with E-state index in [1.165, 1.54) is 12.3 Å². The minimum absolute atomic E-state index is 0.0656. The van der Waals surface area contributed by atoms with Crippen LogP contribution < -0.4 is 10.6 Å². The van der Waals surface area contributed by atoms with E-state index in [4.69, 9.17) is 0 Å². The Morgan fingerprint density at radius 2 is 1.65 bits per heavy atom. The SMILES string of the molecule is Cc1cc(NC(=O)c2cccnc2Nc2ccc3ccncc3c2)ccc1C(F)(F)C(F)(F)F. The van der Waals surface area contributed by atoms with Gasteiger partial charge in [-0.2, -0.15) is 22.0 Å². The van der Waals surface area contributed by atoms with Crippen LogP contribution in [-0.4, -0.2) is 22.1 Å². The Hall–Kier alpha value is -4.08. The summed E-state index contributed by atoms with van der Waals surface area (Å²) >= 11 is 0. The van der Waals surface area contributed by atoms with Crippen LogP contribution in [0.25, 0.3) is 10.8 Å². The quantitative estimate of drug-likeness (QED) is 0.322. The van der Waals surface area contributed by atoms with Gasteiger partial charge in [0, 0.05) is 40.9 Å². The van der Waals surface area contributed by atoms with E-state index < -0.39 is 23.6 Å². The van der Waals surface area contributed by atoms with Gasteiger partial charge in [-0.3, -0.25) is 9.78 Å². The average molecular weight is 472 g/mol. The van der Waals surface area contributed by atoms with Crippen molar-refractivity contribution in [2.75, 3.05) is 10.6 Å². The summed E-state index contributed by atoms with van der Waals surface area (Å²) in [5.41, 5.74) is -0.614. The number of aryl methyl sites for hydroxylation is 1. The van der Waals surface area contributed by atoms with Gasteiger partial charge in [0.1, 0.15) is 5.82 Å². The Bertz CT molecular complexity index is 1370. The molecule has 5 nitrogen and oxygen atoms in total. The third-order valence-electron chi connectivity index (χ3n) is 5.13. The lowest BCUT2D eigenvalue weighted by molar-refractivity contribution is -0.289. The van der Waals surface area contributed by atoms with Crippen LogP contribution in [0.5, 0.6) is 0 Å². The molecule has 0 atom stereocenters. The van der Waals surface area contributed by atoms with Crippen molar-refractivity contribution in [2.45, 2.75) is 19.0 Å². The number of alkyl halides is 5. The number of amides is 1. The lowest BCUT2D eigenvalue weighted by Crippen LogP contribution is -2.34. The molecule has 0 saturated heterocycles. The van der Waals surface area contributed by atoms with Crippen molar-refractivity contribution >= 4 is 33.9 Å². The maximum atomic E-state index is 13.7. The number of nitrogens with one attached hydrogen (secondary N) is 2. The van der Waals surface area contributed by atoms with Gasteiger partial charge < -0.3 is 10.6 Å². The summed E-state index contributed by atoms with van der Waals surface area (Å²) in [4.78, 5) is 21.1. The van der Waals surface area contributed by atoms with Crippen molar-refractivity contribution in [3.63, 3.8) is 0 Å². The van der Waals surface area contributed by atoms with E-state index in [0.29, 0.717) is 11.8 Å². The zero-order valence-electron chi connectivity index (χ0n) is 17.6. The van der Waals surface area contributed by atoms with E-state index in [9.17, 15) is 26.7 Å². The molecule has 2 heterocycles. The predicted octanol–water partition coefficient (Wildman–Crippen LogP) is 6.59. The molecule has 0 aliphatic rings. The molecule has 10 heteroatoms. The number of nitrogens with zero attached hydrogens (tertiary/aromatic N) is 2. The smallest absolute Gasteiger partial charge is 0.340 e. The summed E-state index contributed by atoms with van der Waals surface area (Å²) in [6, 6.07) is 13.1. The Kier molecular flexibility index (Phi) is 5.90. The van der Waals surface area contributed by atoms with Crippen LogP contribution in [0.1, 0.15) is 21.5 Å². The largest absolute Gasteiger partial charge is 0.458 e. The summed E-state index contributed by atoms with van der Waals surface area (Å²) < 4.78 is 65.5. The normalized spacial score (nSPS) is 11.9. The second kappa shape index (κ2) is 8.69. The molecule has 4 aromatic rings. The van der Waals surface area contributed by atoms with Gasteiger partial charge in [-0.15, -0.1) is 0 Å². The molecule has 1 amide bonds. The number of carbonyl (C=O) groups excluding carboxylic acids is 1. The monoisotopic (exact) mass is 472 g/mol. The molecule has 34 heavy (non-hydrogen) atoms. The Morgan fingerprint density at radius 3 is 2.38 bits per heavy atom. The van der Waals surface area contributed by atoms with Crippen LogP contribution >= 0.6 is 0 Å². The highest BCUT2D eigenvalue weighted by atomic mass is 19.4. The molecule has 174 valence electrons. The molecule has 0 spiro atoms. The van der Waals surface area contributed by atoms with Crippen molar-refractivity contribution in [1.82, 2.24) is 9.97 Å². The first-order chi connectivity index (χ1) is 16.1. The van der Waals surface area contributed by atoms with Crippen LogP contribution in [0, 0.1) is 6.92 Å². The molecule has 4 rings (SSSR count). The second-order valence-electron chi connectivity index (χ2n) is 7.52. The number of pyridine rings is 2. The number of hydrogen-bond acceptors (Lipinski definition) is 4. The Labute approximate surface area is 190 Å². The molecular formula is C24H17F5N4O. The average Bonchev–Trinajstić information content (AvgIpc) is 2.78. The summed E-state index contributed by atoms with van der Waals surface area (Å²) in [5, 5.41) is 7.44. The van der Waals surface area contributed by atoms with Crippen molar-refractivity contribution in [3.8, 4) is 0 Å². The fourth-order valence-electron chi connectivity index (χ4n) is 3.43. The summed E-state index contributed by atoms with van der Waals surface area (Å²) in [6.45, 7) is 1.12. The van der Waals surface area contributed by atoms with E-state index in [1.54, 1.807) is 18.5 Å². The van der Waals surface area contributed by atoms with E-state index in [1.807, 2.05) is 24.3 Å². The third-order valence-corrected chi connectivity index (χ3v) is 5.13. The molecule has 0 fully saturated rings. The fourth-order valence-corrected chi connectivity index (χ4v) is 3.43. The number of hydrogen-bond donors (Lipinski definition) is 2. The van der Waals surface area contributed by atoms with Crippen LogP contribution in [0.4, 0.5) is 39.1 Å². The number of benzene rings is 2. The van der Waals surface area contributed by atoms with Crippen molar-refractivity contribution in [1.29, 1.82) is 0 Å². The number of halogens is 5. The number of fused-ring (bicyclic) bond motifs is 1. The van der Waals surface area contributed by atoms with Crippen LogP contribution in [0.3, 0.4) is 0 Å². The lowest BCUT2D eigenvalue weighted by Gasteiger charge is -2.22. The van der Waals surface area contributed by atoms with E-state index in [0.717, 1.165) is 29.8 Å². The molecular weight excluding hydrogens is 455 g/mol. The molecule has 0 radical (unpaired) electrons. The summed E-state index contributed by atoms with van der Waals surface area (Å²) in [6.07, 6.45) is -0.868. The number of rotatable bonds is 5. The van der Waals surface area contributed by atoms with Gasteiger partial charge in [0.2, 0.25) is 0 Å². The molecule has 0 aliphatic heterocycles. The molecule has 0 saturated carbocycles. The molecule has 2 aromatic heterocycles. The van der Waals surface area contributed by atoms with Crippen molar-refractivity contribution in [2.24, 2.45) is 0 Å². The van der Waals surface area contributed by atoms with Gasteiger partial charge in [0.05, 0.1) is 5.56 Å². The Morgan fingerprint density at radius 1 is 0.882 bits per heavy atom. The van der Waals surface area contributed by atoms with Gasteiger partial charge >= 0.3 is 12.1 Å². The van der Waals surface area contributed by atoms with Gasteiger partial charge in [-0.25, -0.2) is 4.98 Å². The molecule has 2 aromatic carbocycles. The zero-order valence-corrected chi connectivity index (χ0v) is 17.6.